The van der Waals surface area contributed by atoms with Crippen molar-refractivity contribution in [1.29, 1.82) is 0 Å². The minimum absolute atomic E-state index is 0.00142. The van der Waals surface area contributed by atoms with Gasteiger partial charge in [0.15, 0.2) is 0 Å². The first-order chi connectivity index (χ1) is 13.5. The SMILES string of the molecule is CCCOc1ccc(C(=O)NCC(=O)N/N=C\c2cc(OC)ccc2O)cc1. The predicted octanol–water partition coefficient (Wildman–Crippen LogP) is 2.07. The number of hydrazone groups is 1. The highest BCUT2D eigenvalue weighted by Crippen LogP contribution is 2.20. The number of rotatable bonds is 9. The van der Waals surface area contributed by atoms with Crippen molar-refractivity contribution >= 4 is 18.0 Å². The second kappa shape index (κ2) is 10.6. The molecule has 0 radical (unpaired) electrons. The van der Waals surface area contributed by atoms with E-state index in [1.54, 1.807) is 36.4 Å². The van der Waals surface area contributed by atoms with Gasteiger partial charge in [-0.05, 0) is 48.9 Å². The maximum atomic E-state index is 12.1. The van der Waals surface area contributed by atoms with Crippen molar-refractivity contribution < 1.29 is 24.2 Å². The van der Waals surface area contributed by atoms with Crippen LogP contribution in [0, 0.1) is 0 Å². The number of hydrogen-bond donors (Lipinski definition) is 3. The van der Waals surface area contributed by atoms with Crippen LogP contribution in [0.15, 0.2) is 47.6 Å². The number of methoxy groups -OCH3 is 1. The van der Waals surface area contributed by atoms with Crippen LogP contribution < -0.4 is 20.2 Å². The van der Waals surface area contributed by atoms with E-state index >= 15 is 0 Å². The molecule has 2 rings (SSSR count). The molecule has 0 atom stereocenters. The Bertz CT molecular complexity index is 834. The zero-order valence-electron chi connectivity index (χ0n) is 15.8. The van der Waals surface area contributed by atoms with Gasteiger partial charge in [-0.3, -0.25) is 9.59 Å². The monoisotopic (exact) mass is 385 g/mol. The van der Waals surface area contributed by atoms with Crippen LogP contribution in [0.5, 0.6) is 17.2 Å². The summed E-state index contributed by atoms with van der Waals surface area (Å²) in [5, 5.41) is 16.0. The summed E-state index contributed by atoms with van der Waals surface area (Å²) < 4.78 is 10.5. The van der Waals surface area contributed by atoms with Gasteiger partial charge >= 0.3 is 0 Å². The van der Waals surface area contributed by atoms with Crippen molar-refractivity contribution in [2.24, 2.45) is 5.10 Å². The average Bonchev–Trinajstić information content (AvgIpc) is 2.72. The first kappa shape index (κ1) is 20.8. The van der Waals surface area contributed by atoms with Crippen LogP contribution in [-0.2, 0) is 4.79 Å². The van der Waals surface area contributed by atoms with Crippen LogP contribution in [0.2, 0.25) is 0 Å². The molecule has 0 saturated heterocycles. The highest BCUT2D eigenvalue weighted by Gasteiger charge is 2.08. The molecule has 0 aromatic heterocycles. The first-order valence-electron chi connectivity index (χ1n) is 8.73. The molecule has 0 fully saturated rings. The van der Waals surface area contributed by atoms with Gasteiger partial charge in [0.2, 0.25) is 0 Å². The van der Waals surface area contributed by atoms with E-state index in [0.29, 0.717) is 29.2 Å². The minimum Gasteiger partial charge on any atom is -0.507 e. The Balaban J connectivity index is 1.81. The number of hydrogen-bond acceptors (Lipinski definition) is 6. The molecule has 3 N–H and O–H groups in total. The summed E-state index contributed by atoms with van der Waals surface area (Å²) in [6.07, 6.45) is 2.18. The van der Waals surface area contributed by atoms with Crippen molar-refractivity contribution in [1.82, 2.24) is 10.7 Å². The molecule has 0 spiro atoms. The lowest BCUT2D eigenvalue weighted by atomic mass is 10.2. The smallest absolute Gasteiger partial charge is 0.259 e. The summed E-state index contributed by atoms with van der Waals surface area (Å²) in [4.78, 5) is 23.9. The second-order valence-corrected chi connectivity index (χ2v) is 5.77. The molecule has 0 aliphatic heterocycles. The summed E-state index contributed by atoms with van der Waals surface area (Å²) in [5.41, 5.74) is 3.08. The number of carbonyl (C=O) groups excluding carboxylic acids is 2. The minimum atomic E-state index is -0.505. The molecule has 0 bridgehead atoms. The number of carbonyl (C=O) groups is 2. The standard InChI is InChI=1S/C20H23N3O5/c1-3-10-28-16-6-4-14(5-7-16)20(26)21-13-19(25)23-22-12-15-11-17(27-2)8-9-18(15)24/h4-9,11-12,24H,3,10,13H2,1-2H3,(H,21,26)(H,23,25)/b22-12-. The highest BCUT2D eigenvalue weighted by atomic mass is 16.5. The third-order valence-corrected chi connectivity index (χ3v) is 3.63. The molecule has 2 amide bonds. The number of nitrogens with one attached hydrogen (secondary N) is 2. The van der Waals surface area contributed by atoms with Crippen LogP contribution in [-0.4, -0.2) is 43.4 Å². The molecule has 8 nitrogen and oxygen atoms in total. The van der Waals surface area contributed by atoms with E-state index in [1.165, 1.54) is 19.4 Å². The van der Waals surface area contributed by atoms with Crippen molar-refractivity contribution in [3.8, 4) is 17.2 Å². The Morgan fingerprint density at radius 1 is 1.14 bits per heavy atom. The zero-order chi connectivity index (χ0) is 20.4. The van der Waals surface area contributed by atoms with Crippen molar-refractivity contribution in [3.63, 3.8) is 0 Å². The first-order valence-corrected chi connectivity index (χ1v) is 8.73. The molecular formula is C20H23N3O5. The quantitative estimate of drug-likeness (QED) is 0.452. The molecule has 2 aromatic rings. The van der Waals surface area contributed by atoms with E-state index in [-0.39, 0.29) is 18.2 Å². The van der Waals surface area contributed by atoms with E-state index in [4.69, 9.17) is 9.47 Å². The summed E-state index contributed by atoms with van der Waals surface area (Å²) in [7, 11) is 1.50. The highest BCUT2D eigenvalue weighted by molar-refractivity contribution is 5.96. The lowest BCUT2D eigenvalue weighted by molar-refractivity contribution is -0.120. The molecular weight excluding hydrogens is 362 g/mol. The van der Waals surface area contributed by atoms with E-state index in [1.807, 2.05) is 6.92 Å². The molecule has 148 valence electrons. The van der Waals surface area contributed by atoms with Crippen LogP contribution in [0.4, 0.5) is 0 Å². The summed E-state index contributed by atoms with van der Waals surface area (Å²) in [5.74, 6) is 0.343. The number of amides is 2. The molecule has 0 aliphatic carbocycles. The van der Waals surface area contributed by atoms with Crippen molar-refractivity contribution in [2.75, 3.05) is 20.3 Å². The van der Waals surface area contributed by atoms with Gasteiger partial charge in [0.25, 0.3) is 11.8 Å². The topological polar surface area (TPSA) is 109 Å². The maximum absolute atomic E-state index is 12.1. The number of phenols is 1. The molecule has 8 heteroatoms. The van der Waals surface area contributed by atoms with Crippen LogP contribution in [0.25, 0.3) is 0 Å². The van der Waals surface area contributed by atoms with Crippen LogP contribution >= 0.6 is 0 Å². The van der Waals surface area contributed by atoms with Crippen molar-refractivity contribution in [3.05, 3.63) is 53.6 Å². The summed E-state index contributed by atoms with van der Waals surface area (Å²) >= 11 is 0. The Labute approximate surface area is 163 Å². The number of ether oxygens (including phenoxy) is 2. The molecule has 2 aromatic carbocycles. The molecule has 0 aliphatic rings. The van der Waals surface area contributed by atoms with Gasteiger partial charge < -0.3 is 19.9 Å². The van der Waals surface area contributed by atoms with E-state index in [0.717, 1.165) is 6.42 Å². The van der Waals surface area contributed by atoms with Gasteiger partial charge in [-0.25, -0.2) is 5.43 Å². The maximum Gasteiger partial charge on any atom is 0.259 e. The summed E-state index contributed by atoms with van der Waals surface area (Å²) in [6, 6.07) is 11.3. The summed E-state index contributed by atoms with van der Waals surface area (Å²) in [6.45, 7) is 2.38. The number of phenolic OH excluding ortho intramolecular Hbond substituents is 1. The fourth-order valence-electron chi connectivity index (χ4n) is 2.16. The predicted molar refractivity (Wildman–Crippen MR) is 105 cm³/mol. The van der Waals surface area contributed by atoms with Crippen LogP contribution in [0.3, 0.4) is 0 Å². The molecule has 0 unspecified atom stereocenters. The van der Waals surface area contributed by atoms with Gasteiger partial charge in [0, 0.05) is 11.1 Å². The molecule has 28 heavy (non-hydrogen) atoms. The number of aromatic hydroxyl groups is 1. The molecule has 0 saturated carbocycles. The Morgan fingerprint density at radius 2 is 1.86 bits per heavy atom. The number of nitrogens with zero attached hydrogens (tertiary/aromatic N) is 1. The Hall–Kier alpha value is -3.55. The lowest BCUT2D eigenvalue weighted by Gasteiger charge is -2.07. The Kier molecular flexibility index (Phi) is 7.83. The normalized spacial score (nSPS) is 10.5. The third kappa shape index (κ3) is 6.31. The van der Waals surface area contributed by atoms with Gasteiger partial charge in [0.05, 0.1) is 26.5 Å². The molecule has 0 heterocycles. The van der Waals surface area contributed by atoms with E-state index in [9.17, 15) is 14.7 Å². The van der Waals surface area contributed by atoms with Gasteiger partial charge in [0.1, 0.15) is 17.2 Å². The number of benzene rings is 2. The average molecular weight is 385 g/mol. The zero-order valence-corrected chi connectivity index (χ0v) is 15.8. The van der Waals surface area contributed by atoms with Crippen LogP contribution in [0.1, 0.15) is 29.3 Å². The largest absolute Gasteiger partial charge is 0.507 e. The fourth-order valence-corrected chi connectivity index (χ4v) is 2.16. The van der Waals surface area contributed by atoms with E-state index in [2.05, 4.69) is 15.8 Å². The fraction of sp³-hybridized carbons (Fsp3) is 0.250. The second-order valence-electron chi connectivity index (χ2n) is 5.77. The lowest BCUT2D eigenvalue weighted by Crippen LogP contribution is -2.34. The van der Waals surface area contributed by atoms with E-state index < -0.39 is 5.91 Å². The van der Waals surface area contributed by atoms with Gasteiger partial charge in [-0.15, -0.1) is 0 Å². The third-order valence-electron chi connectivity index (χ3n) is 3.63. The van der Waals surface area contributed by atoms with Gasteiger partial charge in [-0.1, -0.05) is 6.92 Å². The van der Waals surface area contributed by atoms with Gasteiger partial charge in [-0.2, -0.15) is 5.10 Å². The Morgan fingerprint density at radius 3 is 2.54 bits per heavy atom. The van der Waals surface area contributed by atoms with Crippen molar-refractivity contribution in [2.45, 2.75) is 13.3 Å².